The fourth-order valence-corrected chi connectivity index (χ4v) is 3.23. The summed E-state index contributed by atoms with van der Waals surface area (Å²) in [5, 5.41) is 0. The number of rotatable bonds is 2. The van der Waals surface area contributed by atoms with E-state index in [1.165, 1.54) is 0 Å². The van der Waals surface area contributed by atoms with E-state index >= 15 is 0 Å². The van der Waals surface area contributed by atoms with Crippen molar-refractivity contribution in [2.24, 2.45) is 5.92 Å². The molecule has 0 radical (unpaired) electrons. The summed E-state index contributed by atoms with van der Waals surface area (Å²) in [6.45, 7) is 1.44. The number of carbonyl (C=O) groups is 1. The third kappa shape index (κ3) is 2.79. The highest BCUT2D eigenvalue weighted by molar-refractivity contribution is 5.82. The van der Waals surface area contributed by atoms with E-state index in [1.807, 2.05) is 29.2 Å². The Hall–Kier alpha value is -2.31. The van der Waals surface area contributed by atoms with Crippen molar-refractivity contribution >= 4 is 22.8 Å². The number of anilines is 1. The number of alkyl halides is 2. The van der Waals surface area contributed by atoms with Crippen LogP contribution in [-0.2, 0) is 4.79 Å². The molecule has 2 saturated heterocycles. The smallest absolute Gasteiger partial charge is 0.251 e. The molecule has 1 amide bonds. The minimum atomic E-state index is -2.62. The van der Waals surface area contributed by atoms with Crippen molar-refractivity contribution in [2.75, 3.05) is 31.1 Å². The highest BCUT2D eigenvalue weighted by atomic mass is 19.3. The van der Waals surface area contributed by atoms with Crippen molar-refractivity contribution < 1.29 is 13.6 Å². The Bertz CT molecular complexity index is 766. The quantitative estimate of drug-likeness (QED) is 0.847. The second kappa shape index (κ2) is 5.65. The van der Waals surface area contributed by atoms with Crippen molar-refractivity contribution in [3.05, 3.63) is 30.5 Å². The predicted molar refractivity (Wildman–Crippen MR) is 86.0 cm³/mol. The van der Waals surface area contributed by atoms with E-state index in [2.05, 4.69) is 9.97 Å². The SMILES string of the molecule is O=C(C1CN(c2cnc3ccccc3n2)C1)N1CCC(F)(F)CC1. The molecular formula is C17H18F2N4O. The Morgan fingerprint density at radius 3 is 2.50 bits per heavy atom. The van der Waals surface area contributed by atoms with Crippen LogP contribution < -0.4 is 4.90 Å². The monoisotopic (exact) mass is 332 g/mol. The van der Waals surface area contributed by atoms with Gasteiger partial charge in [-0.3, -0.25) is 9.78 Å². The maximum atomic E-state index is 13.2. The third-order valence-corrected chi connectivity index (χ3v) is 4.80. The van der Waals surface area contributed by atoms with Gasteiger partial charge in [0.2, 0.25) is 5.91 Å². The average molecular weight is 332 g/mol. The number of para-hydroxylation sites is 2. The molecule has 1 aromatic carbocycles. The van der Waals surface area contributed by atoms with Gasteiger partial charge >= 0.3 is 0 Å². The maximum absolute atomic E-state index is 13.2. The number of likely N-dealkylation sites (tertiary alicyclic amines) is 1. The number of aromatic nitrogens is 2. The lowest BCUT2D eigenvalue weighted by atomic mass is 9.96. The zero-order valence-corrected chi connectivity index (χ0v) is 13.2. The van der Waals surface area contributed by atoms with Crippen LogP contribution in [0.15, 0.2) is 30.5 Å². The van der Waals surface area contributed by atoms with Gasteiger partial charge in [0.1, 0.15) is 5.82 Å². The summed E-state index contributed by atoms with van der Waals surface area (Å²) < 4.78 is 26.4. The first-order chi connectivity index (χ1) is 11.5. The molecule has 1 aromatic heterocycles. The van der Waals surface area contributed by atoms with Crippen LogP contribution in [0.25, 0.3) is 11.0 Å². The van der Waals surface area contributed by atoms with Crippen molar-refractivity contribution in [3.8, 4) is 0 Å². The zero-order chi connectivity index (χ0) is 16.7. The van der Waals surface area contributed by atoms with Crippen molar-refractivity contribution in [2.45, 2.75) is 18.8 Å². The van der Waals surface area contributed by atoms with E-state index in [4.69, 9.17) is 0 Å². The van der Waals surface area contributed by atoms with Crippen LogP contribution in [0, 0.1) is 5.92 Å². The number of piperidine rings is 1. The maximum Gasteiger partial charge on any atom is 0.251 e. The van der Waals surface area contributed by atoms with Crippen LogP contribution in [0.3, 0.4) is 0 Å². The standard InChI is InChI=1S/C17H18F2N4O/c18-17(19)5-7-22(8-6-17)16(24)12-10-23(11-12)15-9-20-13-3-1-2-4-14(13)21-15/h1-4,9,12H,5-8,10-11H2. The van der Waals surface area contributed by atoms with Crippen molar-refractivity contribution in [1.82, 2.24) is 14.9 Å². The van der Waals surface area contributed by atoms with Crippen LogP contribution in [0.5, 0.6) is 0 Å². The van der Waals surface area contributed by atoms with E-state index in [1.54, 1.807) is 11.1 Å². The summed E-state index contributed by atoms with van der Waals surface area (Å²) in [6, 6.07) is 7.63. The fourth-order valence-electron chi connectivity index (χ4n) is 3.23. The van der Waals surface area contributed by atoms with Gasteiger partial charge in [0.15, 0.2) is 0 Å². The summed E-state index contributed by atoms with van der Waals surface area (Å²) in [5.74, 6) is -2.02. The first-order valence-electron chi connectivity index (χ1n) is 8.15. The van der Waals surface area contributed by atoms with Crippen LogP contribution in [0.2, 0.25) is 0 Å². The van der Waals surface area contributed by atoms with Gasteiger partial charge in [-0.15, -0.1) is 0 Å². The number of amides is 1. The molecule has 2 fully saturated rings. The molecule has 3 heterocycles. The number of halogens is 2. The molecule has 5 nitrogen and oxygen atoms in total. The molecule has 0 aliphatic carbocycles. The summed E-state index contributed by atoms with van der Waals surface area (Å²) in [4.78, 5) is 24.9. The molecule has 2 aliphatic rings. The molecule has 0 unspecified atom stereocenters. The van der Waals surface area contributed by atoms with Gasteiger partial charge in [0.05, 0.1) is 23.1 Å². The number of carbonyl (C=O) groups excluding carboxylic acids is 1. The molecule has 4 rings (SSSR count). The van der Waals surface area contributed by atoms with E-state index in [9.17, 15) is 13.6 Å². The Balaban J connectivity index is 1.38. The van der Waals surface area contributed by atoms with Gasteiger partial charge < -0.3 is 9.80 Å². The van der Waals surface area contributed by atoms with Crippen LogP contribution in [0.4, 0.5) is 14.6 Å². The highest BCUT2D eigenvalue weighted by Gasteiger charge is 2.40. The molecule has 0 atom stereocenters. The molecule has 2 aromatic rings. The second-order valence-electron chi connectivity index (χ2n) is 6.50. The number of hydrogen-bond acceptors (Lipinski definition) is 4. The number of benzene rings is 1. The first-order valence-corrected chi connectivity index (χ1v) is 8.15. The van der Waals surface area contributed by atoms with Crippen LogP contribution >= 0.6 is 0 Å². The number of nitrogens with zero attached hydrogens (tertiary/aromatic N) is 4. The topological polar surface area (TPSA) is 49.3 Å². The van der Waals surface area contributed by atoms with Crippen molar-refractivity contribution in [3.63, 3.8) is 0 Å². The molecule has 0 bridgehead atoms. The molecule has 7 heteroatoms. The molecular weight excluding hydrogens is 314 g/mol. The zero-order valence-electron chi connectivity index (χ0n) is 13.2. The Morgan fingerprint density at radius 2 is 1.79 bits per heavy atom. The van der Waals surface area contributed by atoms with Gasteiger partial charge in [-0.25, -0.2) is 13.8 Å². The van der Waals surface area contributed by atoms with Gasteiger partial charge in [-0.2, -0.15) is 0 Å². The molecule has 0 N–H and O–H groups in total. The van der Waals surface area contributed by atoms with Crippen LogP contribution in [-0.4, -0.2) is 52.9 Å². The lowest BCUT2D eigenvalue weighted by Gasteiger charge is -2.42. The Labute approximate surface area is 138 Å². The lowest BCUT2D eigenvalue weighted by molar-refractivity contribution is -0.142. The number of hydrogen-bond donors (Lipinski definition) is 0. The summed E-state index contributed by atoms with van der Waals surface area (Å²) in [5.41, 5.74) is 1.66. The fraction of sp³-hybridized carbons (Fsp3) is 0.471. The minimum absolute atomic E-state index is 0.0181. The van der Waals surface area contributed by atoms with Gasteiger partial charge in [0, 0.05) is 39.0 Å². The Kier molecular flexibility index (Phi) is 3.58. The Morgan fingerprint density at radius 1 is 1.12 bits per heavy atom. The third-order valence-electron chi connectivity index (χ3n) is 4.80. The predicted octanol–water partition coefficient (Wildman–Crippen LogP) is 2.32. The summed E-state index contributed by atoms with van der Waals surface area (Å²) in [7, 11) is 0. The highest BCUT2D eigenvalue weighted by Crippen LogP contribution is 2.30. The number of fused-ring (bicyclic) bond motifs is 1. The van der Waals surface area contributed by atoms with E-state index < -0.39 is 5.92 Å². The lowest BCUT2D eigenvalue weighted by Crippen LogP contribution is -2.56. The largest absolute Gasteiger partial charge is 0.354 e. The molecule has 24 heavy (non-hydrogen) atoms. The normalized spacial score (nSPS) is 20.9. The average Bonchev–Trinajstić information content (AvgIpc) is 2.53. The van der Waals surface area contributed by atoms with Gasteiger partial charge in [-0.1, -0.05) is 12.1 Å². The van der Waals surface area contributed by atoms with Gasteiger partial charge in [0.25, 0.3) is 5.92 Å². The summed E-state index contributed by atoms with van der Waals surface area (Å²) in [6.07, 6.45) is 1.25. The molecule has 2 aliphatic heterocycles. The summed E-state index contributed by atoms with van der Waals surface area (Å²) >= 11 is 0. The first kappa shape index (κ1) is 15.2. The van der Waals surface area contributed by atoms with Crippen LogP contribution in [0.1, 0.15) is 12.8 Å². The molecule has 126 valence electrons. The second-order valence-corrected chi connectivity index (χ2v) is 6.50. The van der Waals surface area contributed by atoms with E-state index in [0.717, 1.165) is 16.9 Å². The van der Waals surface area contributed by atoms with E-state index in [-0.39, 0.29) is 37.8 Å². The molecule has 0 spiro atoms. The van der Waals surface area contributed by atoms with Gasteiger partial charge in [-0.05, 0) is 12.1 Å². The van der Waals surface area contributed by atoms with Crippen molar-refractivity contribution in [1.29, 1.82) is 0 Å². The molecule has 0 saturated carbocycles. The van der Waals surface area contributed by atoms with E-state index in [0.29, 0.717) is 13.1 Å². The minimum Gasteiger partial charge on any atom is -0.354 e.